The predicted molar refractivity (Wildman–Crippen MR) is 90.8 cm³/mol. The summed E-state index contributed by atoms with van der Waals surface area (Å²) in [6, 6.07) is 13.1. The largest absolute Gasteiger partial charge is 0.340 e. The van der Waals surface area contributed by atoms with Crippen molar-refractivity contribution < 1.29 is 13.6 Å². The Balaban J connectivity index is 1.74. The second-order valence-corrected chi connectivity index (χ2v) is 5.19. The van der Waals surface area contributed by atoms with E-state index in [0.717, 1.165) is 12.1 Å². The topological polar surface area (TPSA) is 90.7 Å². The van der Waals surface area contributed by atoms with Crippen LogP contribution in [0.25, 0.3) is 0 Å². The van der Waals surface area contributed by atoms with E-state index in [1.165, 1.54) is 18.5 Å². The number of carbonyl (C=O) groups excluding carboxylic acids is 1. The molecule has 0 saturated carbocycles. The van der Waals surface area contributed by atoms with Crippen molar-refractivity contribution in [3.8, 4) is 6.07 Å². The smallest absolute Gasteiger partial charge is 0.274 e. The van der Waals surface area contributed by atoms with Gasteiger partial charge in [0.05, 0.1) is 11.6 Å². The van der Waals surface area contributed by atoms with Crippen LogP contribution in [-0.2, 0) is 0 Å². The Labute approximate surface area is 147 Å². The fourth-order valence-electron chi connectivity index (χ4n) is 2.09. The summed E-state index contributed by atoms with van der Waals surface area (Å²) in [5, 5.41) is 14.2. The van der Waals surface area contributed by atoms with Crippen LogP contribution in [-0.4, -0.2) is 15.9 Å². The van der Waals surface area contributed by atoms with Gasteiger partial charge in [-0.05, 0) is 36.4 Å². The average molecular weight is 351 g/mol. The number of carbonyl (C=O) groups is 1. The van der Waals surface area contributed by atoms with Crippen LogP contribution in [0.2, 0.25) is 0 Å². The van der Waals surface area contributed by atoms with Crippen LogP contribution in [0.4, 0.5) is 26.0 Å². The highest BCUT2D eigenvalue weighted by atomic mass is 19.2. The van der Waals surface area contributed by atoms with Gasteiger partial charge in [0, 0.05) is 23.5 Å². The van der Waals surface area contributed by atoms with Crippen molar-refractivity contribution in [2.45, 2.75) is 0 Å². The van der Waals surface area contributed by atoms with E-state index >= 15 is 0 Å². The van der Waals surface area contributed by atoms with Crippen LogP contribution < -0.4 is 10.6 Å². The molecular formula is C18H11F2N5O. The monoisotopic (exact) mass is 351 g/mol. The molecule has 2 aromatic carbocycles. The van der Waals surface area contributed by atoms with Crippen molar-refractivity contribution in [2.24, 2.45) is 0 Å². The molecule has 128 valence electrons. The number of nitrogens with zero attached hydrogens (tertiary/aromatic N) is 3. The summed E-state index contributed by atoms with van der Waals surface area (Å²) in [6.45, 7) is 0. The van der Waals surface area contributed by atoms with Gasteiger partial charge in [0.25, 0.3) is 5.91 Å². The molecule has 0 bridgehead atoms. The fourth-order valence-corrected chi connectivity index (χ4v) is 2.09. The zero-order valence-corrected chi connectivity index (χ0v) is 13.2. The van der Waals surface area contributed by atoms with Gasteiger partial charge in [-0.2, -0.15) is 5.26 Å². The van der Waals surface area contributed by atoms with Gasteiger partial charge in [0.1, 0.15) is 17.8 Å². The van der Waals surface area contributed by atoms with Crippen LogP contribution in [0.3, 0.4) is 0 Å². The first-order valence-electron chi connectivity index (χ1n) is 7.41. The first kappa shape index (κ1) is 17.0. The number of aromatic nitrogens is 2. The van der Waals surface area contributed by atoms with E-state index in [1.807, 2.05) is 6.07 Å². The minimum absolute atomic E-state index is 0.0425. The van der Waals surface area contributed by atoms with Gasteiger partial charge in [0.2, 0.25) is 0 Å². The zero-order chi connectivity index (χ0) is 18.5. The van der Waals surface area contributed by atoms with E-state index in [9.17, 15) is 13.6 Å². The molecule has 1 heterocycles. The summed E-state index contributed by atoms with van der Waals surface area (Å²) >= 11 is 0. The Morgan fingerprint density at radius 2 is 1.69 bits per heavy atom. The number of benzene rings is 2. The first-order valence-corrected chi connectivity index (χ1v) is 7.41. The van der Waals surface area contributed by atoms with E-state index in [4.69, 9.17) is 5.26 Å². The highest BCUT2D eigenvalue weighted by Gasteiger charge is 2.11. The van der Waals surface area contributed by atoms with Gasteiger partial charge in [-0.1, -0.05) is 0 Å². The molecule has 1 amide bonds. The molecule has 3 aromatic rings. The van der Waals surface area contributed by atoms with Gasteiger partial charge >= 0.3 is 0 Å². The average Bonchev–Trinajstić information content (AvgIpc) is 2.65. The Hall–Kier alpha value is -3.86. The van der Waals surface area contributed by atoms with E-state index < -0.39 is 17.5 Å². The lowest BCUT2D eigenvalue weighted by Gasteiger charge is -2.08. The molecule has 8 heteroatoms. The lowest BCUT2D eigenvalue weighted by molar-refractivity contribution is 0.102. The molecule has 0 radical (unpaired) electrons. The van der Waals surface area contributed by atoms with Crippen LogP contribution in [0, 0.1) is 23.0 Å². The van der Waals surface area contributed by atoms with Crippen LogP contribution >= 0.6 is 0 Å². The molecule has 0 spiro atoms. The van der Waals surface area contributed by atoms with Gasteiger partial charge in [-0.25, -0.2) is 18.7 Å². The lowest BCUT2D eigenvalue weighted by Crippen LogP contribution is -2.14. The molecular weight excluding hydrogens is 340 g/mol. The summed E-state index contributed by atoms with van der Waals surface area (Å²) in [6.07, 6.45) is 1.20. The summed E-state index contributed by atoms with van der Waals surface area (Å²) in [5.74, 6) is -2.30. The first-order chi connectivity index (χ1) is 12.5. The minimum atomic E-state index is -1.06. The third-order valence-electron chi connectivity index (χ3n) is 3.36. The van der Waals surface area contributed by atoms with Crippen LogP contribution in [0.15, 0.2) is 54.9 Å². The van der Waals surface area contributed by atoms with Crippen molar-refractivity contribution in [3.63, 3.8) is 0 Å². The molecule has 0 unspecified atom stereocenters. The van der Waals surface area contributed by atoms with Crippen molar-refractivity contribution in [3.05, 3.63) is 77.8 Å². The van der Waals surface area contributed by atoms with Gasteiger partial charge in [0.15, 0.2) is 11.6 Å². The summed E-state index contributed by atoms with van der Waals surface area (Å²) < 4.78 is 26.1. The number of hydrogen-bond acceptors (Lipinski definition) is 5. The maximum atomic E-state index is 13.2. The molecule has 0 aliphatic carbocycles. The van der Waals surface area contributed by atoms with E-state index in [-0.39, 0.29) is 11.4 Å². The Bertz CT molecular complexity index is 999. The Kier molecular flexibility index (Phi) is 4.80. The highest BCUT2D eigenvalue weighted by molar-refractivity contribution is 6.03. The van der Waals surface area contributed by atoms with Crippen LogP contribution in [0.5, 0.6) is 0 Å². The number of anilines is 3. The number of amides is 1. The lowest BCUT2D eigenvalue weighted by atomic mass is 10.2. The molecule has 1 aromatic heterocycles. The van der Waals surface area contributed by atoms with Crippen molar-refractivity contribution in [1.82, 2.24) is 9.97 Å². The number of halogens is 2. The Morgan fingerprint density at radius 3 is 2.38 bits per heavy atom. The van der Waals surface area contributed by atoms with Gasteiger partial charge in [-0.15, -0.1) is 0 Å². The SMILES string of the molecule is N#Cc1ccc(Nc2cc(C(=O)Nc3ccc(F)c(F)c3)ncn2)cc1. The molecule has 0 fully saturated rings. The van der Waals surface area contributed by atoms with E-state index in [2.05, 4.69) is 20.6 Å². The summed E-state index contributed by atoms with van der Waals surface area (Å²) in [7, 11) is 0. The number of hydrogen-bond donors (Lipinski definition) is 2. The van der Waals surface area contributed by atoms with Gasteiger partial charge in [-0.3, -0.25) is 4.79 Å². The van der Waals surface area contributed by atoms with E-state index in [0.29, 0.717) is 17.1 Å². The normalized spacial score (nSPS) is 10.0. The zero-order valence-electron chi connectivity index (χ0n) is 13.2. The maximum Gasteiger partial charge on any atom is 0.274 e. The van der Waals surface area contributed by atoms with Crippen LogP contribution in [0.1, 0.15) is 16.1 Å². The van der Waals surface area contributed by atoms with Crippen molar-refractivity contribution in [2.75, 3.05) is 10.6 Å². The van der Waals surface area contributed by atoms with Crippen molar-refractivity contribution >= 4 is 23.1 Å². The second-order valence-electron chi connectivity index (χ2n) is 5.19. The highest BCUT2D eigenvalue weighted by Crippen LogP contribution is 2.17. The molecule has 0 aliphatic rings. The fraction of sp³-hybridized carbons (Fsp3) is 0. The van der Waals surface area contributed by atoms with E-state index in [1.54, 1.807) is 24.3 Å². The number of nitriles is 1. The molecule has 0 saturated heterocycles. The molecule has 26 heavy (non-hydrogen) atoms. The minimum Gasteiger partial charge on any atom is -0.340 e. The Morgan fingerprint density at radius 1 is 0.962 bits per heavy atom. The maximum absolute atomic E-state index is 13.2. The molecule has 3 rings (SSSR count). The third kappa shape index (κ3) is 3.96. The molecule has 6 nitrogen and oxygen atoms in total. The summed E-state index contributed by atoms with van der Waals surface area (Å²) in [4.78, 5) is 20.1. The number of nitrogens with one attached hydrogen (secondary N) is 2. The molecule has 2 N–H and O–H groups in total. The third-order valence-corrected chi connectivity index (χ3v) is 3.36. The summed E-state index contributed by atoms with van der Waals surface area (Å²) in [5.41, 5.74) is 1.34. The van der Waals surface area contributed by atoms with Crippen molar-refractivity contribution in [1.29, 1.82) is 5.26 Å². The predicted octanol–water partition coefficient (Wildman–Crippen LogP) is 3.62. The molecule has 0 atom stereocenters. The van der Waals surface area contributed by atoms with Gasteiger partial charge < -0.3 is 10.6 Å². The quantitative estimate of drug-likeness (QED) is 0.749. The standard InChI is InChI=1S/C18H11F2N5O/c19-14-6-5-13(7-15(14)20)25-18(26)16-8-17(23-10-22-16)24-12-3-1-11(9-21)2-4-12/h1-8,10H,(H,25,26)(H,22,23,24). The molecule has 0 aliphatic heterocycles. The second kappa shape index (κ2) is 7.36. The number of rotatable bonds is 4.